The molecule has 0 saturated heterocycles. The number of aryl methyl sites for hydroxylation is 1. The Kier molecular flexibility index (Phi) is 7.46. The first-order valence-corrected chi connectivity index (χ1v) is 7.08. The first kappa shape index (κ1) is 17.2. The number of aliphatic hydroxyl groups is 1. The van der Waals surface area contributed by atoms with E-state index >= 15 is 0 Å². The van der Waals surface area contributed by atoms with Crippen LogP contribution in [0.25, 0.3) is 0 Å². The van der Waals surface area contributed by atoms with Gasteiger partial charge in [0.2, 0.25) is 5.91 Å². The van der Waals surface area contributed by atoms with E-state index in [0.29, 0.717) is 12.8 Å². The Morgan fingerprint density at radius 1 is 1.29 bits per heavy atom. The second-order valence-corrected chi connectivity index (χ2v) is 4.97. The van der Waals surface area contributed by atoms with E-state index in [0.717, 1.165) is 5.56 Å². The lowest BCUT2D eigenvalue weighted by molar-refractivity contribution is -0.146. The molecule has 1 amide bonds. The Bertz CT molecular complexity index is 447. The maximum Gasteiger partial charge on any atom is 0.310 e. The van der Waals surface area contributed by atoms with Crippen LogP contribution >= 0.6 is 0 Å². The van der Waals surface area contributed by atoms with Crippen LogP contribution in [0.2, 0.25) is 0 Å². The summed E-state index contributed by atoms with van der Waals surface area (Å²) in [5.74, 6) is -0.820. The van der Waals surface area contributed by atoms with Gasteiger partial charge in [0, 0.05) is 19.5 Å². The molecular formula is C16H23NO4. The third-order valence-electron chi connectivity index (χ3n) is 3.29. The van der Waals surface area contributed by atoms with E-state index in [4.69, 9.17) is 5.11 Å². The normalized spacial score (nSPS) is 11.8. The first-order chi connectivity index (χ1) is 10.1. The summed E-state index contributed by atoms with van der Waals surface area (Å²) in [6, 6.07) is 9.75. The molecule has 0 heterocycles. The molecule has 0 bridgehead atoms. The van der Waals surface area contributed by atoms with Crippen LogP contribution in [0.5, 0.6) is 0 Å². The standard InChI is InChI=1S/C16H23NO4/c1-13(16(20)21-2)12-17(10-11-18)15(19)9-8-14-6-4-3-5-7-14/h3-7,13,18H,8-12H2,1-2H3. The van der Waals surface area contributed by atoms with Gasteiger partial charge in [-0.05, 0) is 12.0 Å². The van der Waals surface area contributed by atoms with Gasteiger partial charge in [-0.1, -0.05) is 37.3 Å². The number of carbonyl (C=O) groups excluding carboxylic acids is 2. The van der Waals surface area contributed by atoms with Crippen LogP contribution in [0.3, 0.4) is 0 Å². The van der Waals surface area contributed by atoms with Gasteiger partial charge >= 0.3 is 5.97 Å². The number of amides is 1. The summed E-state index contributed by atoms with van der Waals surface area (Å²) in [6.07, 6.45) is 1.01. The molecular weight excluding hydrogens is 270 g/mol. The van der Waals surface area contributed by atoms with E-state index in [-0.39, 0.29) is 31.6 Å². The lowest BCUT2D eigenvalue weighted by Crippen LogP contribution is -2.39. The van der Waals surface area contributed by atoms with Gasteiger partial charge in [-0.3, -0.25) is 9.59 Å². The van der Waals surface area contributed by atoms with Crippen LogP contribution in [0.15, 0.2) is 30.3 Å². The number of hydrogen-bond acceptors (Lipinski definition) is 4. The van der Waals surface area contributed by atoms with Gasteiger partial charge < -0.3 is 14.7 Å². The van der Waals surface area contributed by atoms with E-state index in [9.17, 15) is 9.59 Å². The van der Waals surface area contributed by atoms with Crippen molar-refractivity contribution >= 4 is 11.9 Å². The summed E-state index contributed by atoms with van der Waals surface area (Å²) in [5, 5.41) is 9.07. The van der Waals surface area contributed by atoms with Crippen molar-refractivity contribution < 1.29 is 19.4 Å². The smallest absolute Gasteiger partial charge is 0.310 e. The Morgan fingerprint density at radius 3 is 2.52 bits per heavy atom. The van der Waals surface area contributed by atoms with Crippen LogP contribution in [-0.2, 0) is 20.7 Å². The number of esters is 1. The molecule has 0 spiro atoms. The van der Waals surface area contributed by atoms with Crippen LogP contribution in [-0.4, -0.2) is 48.7 Å². The Balaban J connectivity index is 2.54. The average molecular weight is 293 g/mol. The number of nitrogens with zero attached hydrogens (tertiary/aromatic N) is 1. The van der Waals surface area contributed by atoms with Gasteiger partial charge in [-0.15, -0.1) is 0 Å². The fraction of sp³-hybridized carbons (Fsp3) is 0.500. The van der Waals surface area contributed by atoms with E-state index in [2.05, 4.69) is 4.74 Å². The van der Waals surface area contributed by atoms with Crippen LogP contribution < -0.4 is 0 Å². The minimum Gasteiger partial charge on any atom is -0.469 e. The number of ether oxygens (including phenoxy) is 1. The van der Waals surface area contributed by atoms with Gasteiger partial charge in [0.15, 0.2) is 0 Å². The zero-order chi connectivity index (χ0) is 15.7. The zero-order valence-corrected chi connectivity index (χ0v) is 12.6. The molecule has 5 nitrogen and oxygen atoms in total. The van der Waals surface area contributed by atoms with Crippen molar-refractivity contribution in [1.82, 2.24) is 4.90 Å². The number of aliphatic hydroxyl groups excluding tert-OH is 1. The largest absolute Gasteiger partial charge is 0.469 e. The van der Waals surface area contributed by atoms with Crippen LogP contribution in [0.4, 0.5) is 0 Å². The van der Waals surface area contributed by atoms with Gasteiger partial charge in [-0.2, -0.15) is 0 Å². The predicted octanol–water partition coefficient (Wildman–Crippen LogP) is 1.25. The number of hydrogen-bond donors (Lipinski definition) is 1. The zero-order valence-electron chi connectivity index (χ0n) is 12.6. The number of rotatable bonds is 8. The summed E-state index contributed by atoms with van der Waals surface area (Å²) in [6.45, 7) is 2.08. The molecule has 1 unspecified atom stereocenters. The molecule has 0 fully saturated rings. The monoisotopic (exact) mass is 293 g/mol. The van der Waals surface area contributed by atoms with E-state index in [1.807, 2.05) is 30.3 Å². The van der Waals surface area contributed by atoms with Gasteiger partial charge in [0.05, 0.1) is 19.6 Å². The van der Waals surface area contributed by atoms with Crippen LogP contribution in [0, 0.1) is 5.92 Å². The predicted molar refractivity (Wildman–Crippen MR) is 79.6 cm³/mol. The van der Waals surface area contributed by atoms with Gasteiger partial charge in [-0.25, -0.2) is 0 Å². The maximum absolute atomic E-state index is 12.2. The third-order valence-corrected chi connectivity index (χ3v) is 3.29. The Morgan fingerprint density at radius 2 is 1.95 bits per heavy atom. The van der Waals surface area contributed by atoms with Crippen molar-refractivity contribution in [3.8, 4) is 0 Å². The summed E-state index contributed by atoms with van der Waals surface area (Å²) >= 11 is 0. The van der Waals surface area contributed by atoms with Gasteiger partial charge in [0.25, 0.3) is 0 Å². The Hall–Kier alpha value is -1.88. The molecule has 0 radical (unpaired) electrons. The molecule has 1 N–H and O–H groups in total. The molecule has 0 saturated carbocycles. The van der Waals surface area contributed by atoms with Crippen molar-refractivity contribution in [2.75, 3.05) is 26.8 Å². The van der Waals surface area contributed by atoms with E-state index in [1.165, 1.54) is 12.0 Å². The molecule has 5 heteroatoms. The SMILES string of the molecule is COC(=O)C(C)CN(CCO)C(=O)CCc1ccccc1. The lowest BCUT2D eigenvalue weighted by Gasteiger charge is -2.24. The van der Waals surface area contributed by atoms with E-state index < -0.39 is 5.92 Å². The minimum atomic E-state index is -0.401. The highest BCUT2D eigenvalue weighted by Gasteiger charge is 2.20. The molecule has 116 valence electrons. The highest BCUT2D eigenvalue weighted by Crippen LogP contribution is 2.08. The van der Waals surface area contributed by atoms with Gasteiger partial charge in [0.1, 0.15) is 0 Å². The quantitative estimate of drug-likeness (QED) is 0.733. The maximum atomic E-state index is 12.2. The summed E-state index contributed by atoms with van der Waals surface area (Å²) in [4.78, 5) is 25.2. The molecule has 1 aromatic carbocycles. The highest BCUT2D eigenvalue weighted by atomic mass is 16.5. The highest BCUT2D eigenvalue weighted by molar-refractivity contribution is 5.78. The second-order valence-electron chi connectivity index (χ2n) is 4.97. The fourth-order valence-corrected chi connectivity index (χ4v) is 2.10. The van der Waals surface area contributed by atoms with Crippen molar-refractivity contribution in [3.63, 3.8) is 0 Å². The lowest BCUT2D eigenvalue weighted by atomic mass is 10.1. The van der Waals surface area contributed by atoms with Crippen molar-refractivity contribution in [1.29, 1.82) is 0 Å². The third kappa shape index (κ3) is 5.95. The molecule has 0 aliphatic carbocycles. The molecule has 1 rings (SSSR count). The molecule has 0 aliphatic rings. The minimum absolute atomic E-state index is 0.0661. The van der Waals surface area contributed by atoms with Crippen molar-refractivity contribution in [2.45, 2.75) is 19.8 Å². The van der Waals surface area contributed by atoms with Crippen molar-refractivity contribution in [2.24, 2.45) is 5.92 Å². The molecule has 1 atom stereocenters. The number of carbonyl (C=O) groups is 2. The average Bonchev–Trinajstić information content (AvgIpc) is 2.52. The van der Waals surface area contributed by atoms with E-state index in [1.54, 1.807) is 6.92 Å². The summed E-state index contributed by atoms with van der Waals surface area (Å²) in [5.41, 5.74) is 1.09. The molecule has 0 aliphatic heterocycles. The first-order valence-electron chi connectivity index (χ1n) is 7.08. The second kappa shape index (κ2) is 9.13. The number of benzene rings is 1. The fourth-order valence-electron chi connectivity index (χ4n) is 2.10. The van der Waals surface area contributed by atoms with Crippen LogP contribution in [0.1, 0.15) is 18.9 Å². The molecule has 1 aromatic rings. The molecule has 0 aromatic heterocycles. The number of methoxy groups -OCH3 is 1. The molecule has 21 heavy (non-hydrogen) atoms. The summed E-state index contributed by atoms with van der Waals surface area (Å²) < 4.78 is 4.66. The summed E-state index contributed by atoms with van der Waals surface area (Å²) in [7, 11) is 1.33. The van der Waals surface area contributed by atoms with Crippen molar-refractivity contribution in [3.05, 3.63) is 35.9 Å². The topological polar surface area (TPSA) is 66.8 Å². The Labute approximate surface area is 125 Å².